The fraction of sp³-hybridized carbons (Fsp3) is 0.381. The number of ether oxygens (including phenoxy) is 2. The van der Waals surface area contributed by atoms with Gasteiger partial charge >= 0.3 is 0 Å². The zero-order chi connectivity index (χ0) is 18.1. The van der Waals surface area contributed by atoms with Gasteiger partial charge in [-0.15, -0.1) is 0 Å². The molecule has 1 saturated heterocycles. The SMILES string of the molecule is COc1ccccc1C1(C)Nc2ccccc2C(=O)N1CC1CCCO1. The molecule has 0 radical (unpaired) electrons. The Morgan fingerprint density at radius 1 is 1.23 bits per heavy atom. The monoisotopic (exact) mass is 352 g/mol. The van der Waals surface area contributed by atoms with Gasteiger partial charge in [0.15, 0.2) is 0 Å². The van der Waals surface area contributed by atoms with Crippen molar-refractivity contribution in [2.75, 3.05) is 25.6 Å². The van der Waals surface area contributed by atoms with Gasteiger partial charge in [-0.3, -0.25) is 4.79 Å². The Hall–Kier alpha value is -2.53. The molecule has 0 spiro atoms. The van der Waals surface area contributed by atoms with Gasteiger partial charge in [0.05, 0.1) is 18.8 Å². The lowest BCUT2D eigenvalue weighted by Crippen LogP contribution is -2.57. The van der Waals surface area contributed by atoms with Crippen molar-refractivity contribution in [3.8, 4) is 5.75 Å². The molecular weight excluding hydrogens is 328 g/mol. The average Bonchev–Trinajstić information content (AvgIpc) is 3.18. The van der Waals surface area contributed by atoms with Gasteiger partial charge in [0.25, 0.3) is 5.91 Å². The summed E-state index contributed by atoms with van der Waals surface area (Å²) in [4.78, 5) is 15.3. The van der Waals surface area contributed by atoms with Gasteiger partial charge in [0.1, 0.15) is 11.4 Å². The Morgan fingerprint density at radius 2 is 2.00 bits per heavy atom. The number of amides is 1. The Kier molecular flexibility index (Phi) is 4.32. The second-order valence-corrected chi connectivity index (χ2v) is 6.99. The number of carbonyl (C=O) groups excluding carboxylic acids is 1. The lowest BCUT2D eigenvalue weighted by Gasteiger charge is -2.47. The highest BCUT2D eigenvalue weighted by molar-refractivity contribution is 6.02. The van der Waals surface area contributed by atoms with Crippen LogP contribution in [0.25, 0.3) is 0 Å². The molecule has 26 heavy (non-hydrogen) atoms. The van der Waals surface area contributed by atoms with E-state index in [1.165, 1.54) is 0 Å². The van der Waals surface area contributed by atoms with E-state index in [9.17, 15) is 4.79 Å². The predicted octanol–water partition coefficient (Wildman–Crippen LogP) is 3.61. The van der Waals surface area contributed by atoms with E-state index < -0.39 is 5.66 Å². The van der Waals surface area contributed by atoms with Crippen molar-refractivity contribution in [1.29, 1.82) is 0 Å². The summed E-state index contributed by atoms with van der Waals surface area (Å²) < 4.78 is 11.4. The third-order valence-corrected chi connectivity index (χ3v) is 5.36. The summed E-state index contributed by atoms with van der Waals surface area (Å²) in [5.74, 6) is 0.773. The molecule has 2 heterocycles. The Labute approximate surface area is 153 Å². The topological polar surface area (TPSA) is 50.8 Å². The lowest BCUT2D eigenvalue weighted by molar-refractivity contribution is 0.0238. The molecule has 2 atom stereocenters. The molecule has 2 unspecified atom stereocenters. The van der Waals surface area contributed by atoms with Crippen molar-refractivity contribution in [1.82, 2.24) is 4.90 Å². The number of hydrogen-bond donors (Lipinski definition) is 1. The first kappa shape index (κ1) is 16.9. The fourth-order valence-electron chi connectivity index (χ4n) is 3.97. The number of benzene rings is 2. The first-order chi connectivity index (χ1) is 12.6. The molecule has 0 aromatic heterocycles. The summed E-state index contributed by atoms with van der Waals surface area (Å²) in [6.07, 6.45) is 2.09. The van der Waals surface area contributed by atoms with Crippen LogP contribution in [-0.4, -0.2) is 37.2 Å². The number of nitrogens with one attached hydrogen (secondary N) is 1. The highest BCUT2D eigenvalue weighted by Gasteiger charge is 2.45. The lowest BCUT2D eigenvalue weighted by atomic mass is 9.92. The van der Waals surface area contributed by atoms with E-state index in [-0.39, 0.29) is 12.0 Å². The summed E-state index contributed by atoms with van der Waals surface area (Å²) in [7, 11) is 1.66. The van der Waals surface area contributed by atoms with Gasteiger partial charge in [-0.25, -0.2) is 0 Å². The molecule has 1 amide bonds. The minimum atomic E-state index is -0.718. The molecule has 0 saturated carbocycles. The van der Waals surface area contributed by atoms with Crippen LogP contribution in [0.5, 0.6) is 5.75 Å². The van der Waals surface area contributed by atoms with Crippen molar-refractivity contribution in [3.05, 3.63) is 59.7 Å². The maximum absolute atomic E-state index is 13.4. The quantitative estimate of drug-likeness (QED) is 0.913. The van der Waals surface area contributed by atoms with Gasteiger partial charge in [-0.2, -0.15) is 0 Å². The molecule has 0 bridgehead atoms. The van der Waals surface area contributed by atoms with Crippen molar-refractivity contribution in [2.24, 2.45) is 0 Å². The van der Waals surface area contributed by atoms with E-state index in [4.69, 9.17) is 9.47 Å². The van der Waals surface area contributed by atoms with Crippen LogP contribution in [0.1, 0.15) is 35.7 Å². The molecule has 2 aromatic rings. The standard InChI is InChI=1S/C21H24N2O3/c1-21(17-10-4-6-12-19(17)25-2)22-18-11-5-3-9-16(18)20(24)23(21)14-15-8-7-13-26-15/h3-6,9-12,15,22H,7-8,13-14H2,1-2H3. The van der Waals surface area contributed by atoms with Crippen LogP contribution >= 0.6 is 0 Å². The second-order valence-electron chi connectivity index (χ2n) is 6.99. The van der Waals surface area contributed by atoms with Crippen LogP contribution < -0.4 is 10.1 Å². The third-order valence-electron chi connectivity index (χ3n) is 5.36. The van der Waals surface area contributed by atoms with Crippen LogP contribution in [0.4, 0.5) is 5.69 Å². The number of para-hydroxylation sites is 2. The molecule has 0 aliphatic carbocycles. The first-order valence-electron chi connectivity index (χ1n) is 9.08. The molecule has 2 aromatic carbocycles. The van der Waals surface area contributed by atoms with E-state index in [0.717, 1.165) is 36.4 Å². The summed E-state index contributed by atoms with van der Waals surface area (Å²) in [5, 5.41) is 3.59. The highest BCUT2D eigenvalue weighted by atomic mass is 16.5. The van der Waals surface area contributed by atoms with Gasteiger partial charge < -0.3 is 19.7 Å². The first-order valence-corrected chi connectivity index (χ1v) is 9.08. The Morgan fingerprint density at radius 3 is 2.77 bits per heavy atom. The molecule has 5 nitrogen and oxygen atoms in total. The highest BCUT2D eigenvalue weighted by Crippen LogP contribution is 2.41. The minimum absolute atomic E-state index is 0.0169. The zero-order valence-corrected chi connectivity index (χ0v) is 15.2. The number of methoxy groups -OCH3 is 1. The smallest absolute Gasteiger partial charge is 0.258 e. The summed E-state index contributed by atoms with van der Waals surface area (Å²) in [6, 6.07) is 15.5. The van der Waals surface area contributed by atoms with Crippen LogP contribution in [0.15, 0.2) is 48.5 Å². The number of rotatable bonds is 4. The minimum Gasteiger partial charge on any atom is -0.496 e. The average molecular weight is 352 g/mol. The maximum Gasteiger partial charge on any atom is 0.258 e. The van der Waals surface area contributed by atoms with Crippen LogP contribution in [0.2, 0.25) is 0 Å². The van der Waals surface area contributed by atoms with Crippen molar-refractivity contribution in [3.63, 3.8) is 0 Å². The van der Waals surface area contributed by atoms with Gasteiger partial charge in [0.2, 0.25) is 0 Å². The molecule has 136 valence electrons. The van der Waals surface area contributed by atoms with Crippen LogP contribution in [0, 0.1) is 0 Å². The van der Waals surface area contributed by atoms with Crippen LogP contribution in [0.3, 0.4) is 0 Å². The number of hydrogen-bond acceptors (Lipinski definition) is 4. The Bertz CT molecular complexity index is 816. The fourth-order valence-corrected chi connectivity index (χ4v) is 3.97. The van der Waals surface area contributed by atoms with E-state index in [2.05, 4.69) is 5.32 Å². The largest absolute Gasteiger partial charge is 0.496 e. The molecule has 2 aliphatic rings. The number of anilines is 1. The van der Waals surface area contributed by atoms with Gasteiger partial charge in [-0.1, -0.05) is 30.3 Å². The van der Waals surface area contributed by atoms with E-state index in [1.807, 2.05) is 60.4 Å². The molecule has 2 aliphatic heterocycles. The Balaban J connectivity index is 1.82. The van der Waals surface area contributed by atoms with E-state index in [1.54, 1.807) is 7.11 Å². The zero-order valence-electron chi connectivity index (χ0n) is 15.2. The summed E-state index contributed by atoms with van der Waals surface area (Å²) >= 11 is 0. The maximum atomic E-state index is 13.4. The van der Waals surface area contributed by atoms with E-state index in [0.29, 0.717) is 12.1 Å². The third kappa shape index (κ3) is 2.72. The summed E-state index contributed by atoms with van der Waals surface area (Å²) in [5.41, 5.74) is 1.75. The molecule has 1 fully saturated rings. The van der Waals surface area contributed by atoms with Crippen LogP contribution in [-0.2, 0) is 10.4 Å². The molecule has 4 rings (SSSR count). The predicted molar refractivity (Wildman–Crippen MR) is 100 cm³/mol. The number of carbonyl (C=O) groups is 1. The van der Waals surface area contributed by atoms with Crippen molar-refractivity contribution < 1.29 is 14.3 Å². The molecular formula is C21H24N2O3. The van der Waals surface area contributed by atoms with Gasteiger partial charge in [0, 0.05) is 24.4 Å². The number of nitrogens with zero attached hydrogens (tertiary/aromatic N) is 1. The second kappa shape index (κ2) is 6.65. The van der Waals surface area contributed by atoms with Gasteiger partial charge in [-0.05, 0) is 38.0 Å². The molecule has 1 N–H and O–H groups in total. The summed E-state index contributed by atoms with van der Waals surface area (Å²) in [6.45, 7) is 3.35. The number of fused-ring (bicyclic) bond motifs is 1. The molecule has 5 heteroatoms. The van der Waals surface area contributed by atoms with E-state index >= 15 is 0 Å². The van der Waals surface area contributed by atoms with Crippen molar-refractivity contribution in [2.45, 2.75) is 31.5 Å². The van der Waals surface area contributed by atoms with Crippen molar-refractivity contribution >= 4 is 11.6 Å². The normalized spacial score (nSPS) is 24.9.